The van der Waals surface area contributed by atoms with Crippen LogP contribution >= 0.6 is 34.7 Å². The molecule has 0 unspecified atom stereocenters. The second-order valence-corrected chi connectivity index (χ2v) is 9.59. The summed E-state index contributed by atoms with van der Waals surface area (Å²) in [6.45, 7) is 0. The number of aromatic nitrogens is 7. The molecule has 0 saturated heterocycles. The Morgan fingerprint density at radius 2 is 1.92 bits per heavy atom. The average molecular weight is 538 g/mol. The van der Waals surface area contributed by atoms with Gasteiger partial charge in [-0.15, -0.1) is 10.2 Å². The molecule has 0 spiro atoms. The first-order valence-corrected chi connectivity index (χ1v) is 12.3. The molecule has 1 atom stereocenters. The van der Waals surface area contributed by atoms with Crippen molar-refractivity contribution in [2.24, 2.45) is 0 Å². The Balaban J connectivity index is 1.54. The monoisotopic (exact) mass is 537 g/mol. The van der Waals surface area contributed by atoms with Crippen molar-refractivity contribution in [2.75, 3.05) is 0 Å². The van der Waals surface area contributed by atoms with Gasteiger partial charge in [-0.2, -0.15) is 0 Å². The lowest BCUT2D eigenvalue weighted by atomic mass is 10.00. The number of rotatable bonds is 8. The van der Waals surface area contributed by atoms with Crippen molar-refractivity contribution in [1.82, 2.24) is 34.1 Å². The molecule has 9 nitrogen and oxygen atoms in total. The fourth-order valence-electron chi connectivity index (χ4n) is 3.83. The average Bonchev–Trinajstić information content (AvgIpc) is 3.55. The van der Waals surface area contributed by atoms with Gasteiger partial charge in [-0.3, -0.25) is 14.2 Å². The van der Waals surface area contributed by atoms with Gasteiger partial charge < -0.3 is 0 Å². The maximum Gasteiger partial charge on any atom is 0.254 e. The van der Waals surface area contributed by atoms with Crippen LogP contribution in [0.5, 0.6) is 0 Å². The fraction of sp³-hybridized carbons (Fsp3) is 0.125. The number of halogens is 2. The zero-order valence-corrected chi connectivity index (χ0v) is 20.9. The number of ketones is 1. The van der Waals surface area contributed by atoms with Gasteiger partial charge in [-0.05, 0) is 35.3 Å². The lowest BCUT2D eigenvalue weighted by Gasteiger charge is -2.19. The Kier molecular flexibility index (Phi) is 6.99. The third-order valence-corrected chi connectivity index (χ3v) is 6.59. The molecule has 36 heavy (non-hydrogen) atoms. The highest BCUT2D eigenvalue weighted by atomic mass is 35.5. The Hall–Kier alpha value is -3.73. The van der Waals surface area contributed by atoms with E-state index < -0.39 is 6.04 Å². The molecule has 0 amide bonds. The second kappa shape index (κ2) is 10.5. The molecule has 0 bridgehead atoms. The summed E-state index contributed by atoms with van der Waals surface area (Å²) in [6, 6.07) is 15.3. The predicted octanol–water partition coefficient (Wildman–Crippen LogP) is 4.24. The first kappa shape index (κ1) is 24.0. The summed E-state index contributed by atoms with van der Waals surface area (Å²) in [5.74, 6) is -0.137. The summed E-state index contributed by atoms with van der Waals surface area (Å²) >= 11 is 13.3. The largest absolute Gasteiger partial charge is 0.297 e. The van der Waals surface area contributed by atoms with Crippen molar-refractivity contribution < 1.29 is 4.79 Å². The number of Topliss-reactive ketones (excluding diaryl/α,β-unsaturated/α-hetero) is 1. The first-order valence-electron chi connectivity index (χ1n) is 10.8. The quantitative estimate of drug-likeness (QED) is 0.291. The van der Waals surface area contributed by atoms with Crippen LogP contribution in [-0.4, -0.2) is 39.9 Å². The summed E-state index contributed by atoms with van der Waals surface area (Å²) in [7, 11) is 0. The van der Waals surface area contributed by atoms with Crippen LogP contribution in [0.3, 0.4) is 0 Å². The molecule has 2 aromatic carbocycles. The Morgan fingerprint density at radius 3 is 2.61 bits per heavy atom. The molecular weight excluding hydrogens is 521 g/mol. The number of carbonyl (C=O) groups is 1. The summed E-state index contributed by atoms with van der Waals surface area (Å²) < 4.78 is 6.67. The summed E-state index contributed by atoms with van der Waals surface area (Å²) in [5, 5.41) is 12.3. The van der Waals surface area contributed by atoms with E-state index in [0.717, 1.165) is 22.0 Å². The minimum absolute atomic E-state index is 0.120. The molecule has 0 aliphatic rings. The van der Waals surface area contributed by atoms with Gasteiger partial charge in [0.1, 0.15) is 6.04 Å². The normalized spacial score (nSPS) is 11.9. The maximum absolute atomic E-state index is 13.3. The number of benzene rings is 2. The zero-order chi connectivity index (χ0) is 25.1. The van der Waals surface area contributed by atoms with E-state index >= 15 is 0 Å². The van der Waals surface area contributed by atoms with Crippen molar-refractivity contribution in [1.29, 1.82) is 0 Å². The third-order valence-electron chi connectivity index (χ3n) is 5.52. The second-order valence-electron chi connectivity index (χ2n) is 7.90. The van der Waals surface area contributed by atoms with E-state index in [4.69, 9.17) is 23.2 Å². The van der Waals surface area contributed by atoms with E-state index in [1.54, 1.807) is 30.6 Å². The van der Waals surface area contributed by atoms with Gasteiger partial charge in [-0.25, -0.2) is 9.67 Å². The molecule has 0 radical (unpaired) electrons. The molecule has 3 heterocycles. The molecule has 0 saturated carbocycles. The van der Waals surface area contributed by atoms with Crippen LogP contribution in [0.2, 0.25) is 10.2 Å². The molecule has 0 aliphatic heterocycles. The van der Waals surface area contributed by atoms with E-state index in [1.165, 1.54) is 21.6 Å². The van der Waals surface area contributed by atoms with Gasteiger partial charge in [0.2, 0.25) is 0 Å². The van der Waals surface area contributed by atoms with Crippen LogP contribution < -0.4 is 5.56 Å². The maximum atomic E-state index is 13.3. The summed E-state index contributed by atoms with van der Waals surface area (Å²) in [5.41, 5.74) is 2.08. The van der Waals surface area contributed by atoms with Gasteiger partial charge in [0.15, 0.2) is 10.9 Å². The van der Waals surface area contributed by atoms with Gasteiger partial charge in [0.05, 0.1) is 35.0 Å². The molecule has 0 aliphatic carbocycles. The third kappa shape index (κ3) is 5.25. The van der Waals surface area contributed by atoms with Gasteiger partial charge in [0.25, 0.3) is 5.56 Å². The molecule has 12 heteroatoms. The molecule has 0 N–H and O–H groups in total. The number of nitrogens with zero attached hydrogens (tertiary/aromatic N) is 7. The Morgan fingerprint density at radius 1 is 1.08 bits per heavy atom. The molecule has 0 fully saturated rings. The SMILES string of the molecule is O=C(Cc1cnns1)[C@H](Cc1ccccc1)n1cnc(-c2cc(Cl)ccc2-n2cc(Cl)nn2)cc1=O. The van der Waals surface area contributed by atoms with E-state index in [0.29, 0.717) is 28.4 Å². The topological polar surface area (TPSA) is 108 Å². The smallest absolute Gasteiger partial charge is 0.254 e. The van der Waals surface area contributed by atoms with E-state index in [2.05, 4.69) is 24.9 Å². The standard InChI is InChI=1S/C24H17Cl2N7O2S/c25-16-6-7-20(33-13-23(26)29-30-33)18(9-16)19-11-24(35)32(14-27-19)21(8-15-4-2-1-3-5-15)22(34)10-17-12-28-31-36-17/h1-7,9,11-14,21H,8,10H2/t21-/m0/s1. The minimum atomic E-state index is -0.753. The van der Waals surface area contributed by atoms with Crippen LogP contribution in [0.4, 0.5) is 0 Å². The van der Waals surface area contributed by atoms with E-state index in [-0.39, 0.29) is 22.9 Å². The lowest BCUT2D eigenvalue weighted by Crippen LogP contribution is -2.32. The predicted molar refractivity (Wildman–Crippen MR) is 137 cm³/mol. The van der Waals surface area contributed by atoms with Crippen molar-refractivity contribution in [3.8, 4) is 16.9 Å². The van der Waals surface area contributed by atoms with Crippen LogP contribution in [0.25, 0.3) is 16.9 Å². The minimum Gasteiger partial charge on any atom is -0.297 e. The first-order chi connectivity index (χ1) is 17.5. The van der Waals surface area contributed by atoms with Crippen molar-refractivity contribution >= 4 is 40.5 Å². The molecular formula is C24H17Cl2N7O2S. The summed E-state index contributed by atoms with van der Waals surface area (Å²) in [4.78, 5) is 31.9. The Bertz CT molecular complexity index is 1570. The van der Waals surface area contributed by atoms with Crippen molar-refractivity contribution in [3.63, 3.8) is 0 Å². The van der Waals surface area contributed by atoms with Crippen LogP contribution in [0.15, 0.2) is 78.1 Å². The van der Waals surface area contributed by atoms with Gasteiger partial charge >= 0.3 is 0 Å². The Labute approximate surface area is 219 Å². The number of hydrogen-bond acceptors (Lipinski definition) is 8. The number of hydrogen-bond donors (Lipinski definition) is 0. The van der Waals surface area contributed by atoms with Crippen LogP contribution in [0.1, 0.15) is 16.5 Å². The van der Waals surface area contributed by atoms with Crippen LogP contribution in [-0.2, 0) is 17.6 Å². The molecule has 5 aromatic rings. The van der Waals surface area contributed by atoms with Crippen molar-refractivity contribution in [3.05, 3.63) is 104 Å². The molecule has 180 valence electrons. The zero-order valence-electron chi connectivity index (χ0n) is 18.5. The summed E-state index contributed by atoms with van der Waals surface area (Å²) in [6.07, 6.45) is 4.95. The fourth-order valence-corrected chi connectivity index (χ4v) is 4.62. The van der Waals surface area contributed by atoms with E-state index in [9.17, 15) is 9.59 Å². The van der Waals surface area contributed by atoms with E-state index in [1.807, 2.05) is 30.3 Å². The highest BCUT2D eigenvalue weighted by Crippen LogP contribution is 2.28. The highest BCUT2D eigenvalue weighted by Gasteiger charge is 2.24. The van der Waals surface area contributed by atoms with Crippen molar-refractivity contribution in [2.45, 2.75) is 18.9 Å². The number of carbonyl (C=O) groups excluding carboxylic acids is 1. The van der Waals surface area contributed by atoms with Gasteiger partial charge in [0, 0.05) is 29.5 Å². The lowest BCUT2D eigenvalue weighted by molar-refractivity contribution is -0.121. The molecule has 3 aromatic heterocycles. The van der Waals surface area contributed by atoms with Gasteiger partial charge in [-0.1, -0.05) is 63.2 Å². The van der Waals surface area contributed by atoms with Crippen LogP contribution in [0, 0.1) is 0 Å². The highest BCUT2D eigenvalue weighted by molar-refractivity contribution is 7.05. The molecule has 5 rings (SSSR count).